The van der Waals surface area contributed by atoms with E-state index in [4.69, 9.17) is 10.8 Å². The van der Waals surface area contributed by atoms with Gasteiger partial charge >= 0.3 is 0 Å². The lowest BCUT2D eigenvalue weighted by Gasteiger charge is -2.35. The molecule has 3 N–H and O–H groups in total. The van der Waals surface area contributed by atoms with E-state index < -0.39 is 19.1 Å². The van der Waals surface area contributed by atoms with Crippen molar-refractivity contribution in [2.45, 2.75) is 12.5 Å². The lowest BCUT2D eigenvalue weighted by molar-refractivity contribution is -0.0788. The van der Waals surface area contributed by atoms with Crippen LogP contribution < -0.4 is 10.6 Å². The molecule has 1 aliphatic heterocycles. The summed E-state index contributed by atoms with van der Waals surface area (Å²) in [7, 11) is 3.64. The van der Waals surface area contributed by atoms with Gasteiger partial charge in [0, 0.05) is 40.3 Å². The summed E-state index contributed by atoms with van der Waals surface area (Å²) >= 11 is 0. The largest absolute Gasteiger partial charge is 0.390 e. The minimum Gasteiger partial charge on any atom is -0.390 e. The molecule has 1 fully saturated rings. The Balaban J connectivity index is 1.89. The third-order valence-corrected chi connectivity index (χ3v) is 3.60. The molecule has 130 valence electrons. The number of nitrogen functional groups attached to an aromatic ring is 1. The Morgan fingerprint density at radius 3 is 2.30 bits per heavy atom. The van der Waals surface area contributed by atoms with Crippen LogP contribution in [0.5, 0.6) is 0 Å². The molecular weight excluding hydrogens is 308 g/mol. The standard InChI is InChI=1S/C13H23F2N7O/c1-20(2)12-18-10(17-11(16)19-12)7-21-3-5-22(6-4-21)8-13(14,15)9-23/h23H,3-9H2,1-2H3,(H2,16,17,18,19). The van der Waals surface area contributed by atoms with Crippen LogP contribution in [-0.4, -0.2) is 89.2 Å². The van der Waals surface area contributed by atoms with Crippen LogP contribution in [0.1, 0.15) is 5.82 Å². The minimum atomic E-state index is -3.05. The molecule has 0 saturated carbocycles. The number of rotatable bonds is 6. The quantitative estimate of drug-likeness (QED) is 0.704. The molecular formula is C13H23F2N7O. The Kier molecular flexibility index (Phi) is 5.60. The predicted molar refractivity (Wildman–Crippen MR) is 82.3 cm³/mol. The summed E-state index contributed by atoms with van der Waals surface area (Å²) < 4.78 is 26.4. The van der Waals surface area contributed by atoms with Gasteiger partial charge in [0.1, 0.15) is 12.4 Å². The third kappa shape index (κ3) is 5.19. The molecule has 10 heteroatoms. The van der Waals surface area contributed by atoms with Crippen molar-refractivity contribution >= 4 is 11.9 Å². The number of aliphatic hydroxyl groups excluding tert-OH is 1. The van der Waals surface area contributed by atoms with E-state index in [-0.39, 0.29) is 5.95 Å². The summed E-state index contributed by atoms with van der Waals surface area (Å²) in [6.07, 6.45) is 0. The van der Waals surface area contributed by atoms with E-state index in [2.05, 4.69) is 19.9 Å². The maximum atomic E-state index is 13.2. The van der Waals surface area contributed by atoms with Crippen LogP contribution >= 0.6 is 0 Å². The molecule has 0 spiro atoms. The molecule has 1 aromatic heterocycles. The third-order valence-electron chi connectivity index (χ3n) is 3.60. The monoisotopic (exact) mass is 331 g/mol. The van der Waals surface area contributed by atoms with Crippen LogP contribution in [0.15, 0.2) is 0 Å². The Morgan fingerprint density at radius 1 is 1.13 bits per heavy atom. The van der Waals surface area contributed by atoms with Crippen molar-refractivity contribution in [2.75, 3.05) is 64.1 Å². The molecule has 0 radical (unpaired) electrons. The molecule has 0 aromatic carbocycles. The Hall–Kier alpha value is -1.65. The van der Waals surface area contributed by atoms with Crippen molar-refractivity contribution < 1.29 is 13.9 Å². The van der Waals surface area contributed by atoms with Crippen LogP contribution in [0, 0.1) is 0 Å². The van der Waals surface area contributed by atoms with Gasteiger partial charge in [0.25, 0.3) is 5.92 Å². The lowest BCUT2D eigenvalue weighted by Crippen LogP contribution is -2.50. The van der Waals surface area contributed by atoms with Crippen molar-refractivity contribution in [3.8, 4) is 0 Å². The van der Waals surface area contributed by atoms with Crippen molar-refractivity contribution in [3.63, 3.8) is 0 Å². The summed E-state index contributed by atoms with van der Waals surface area (Å²) in [5.74, 6) is -1.82. The van der Waals surface area contributed by atoms with Gasteiger partial charge in [0.15, 0.2) is 0 Å². The number of anilines is 2. The summed E-state index contributed by atoms with van der Waals surface area (Å²) in [5, 5.41) is 8.64. The van der Waals surface area contributed by atoms with E-state index in [1.807, 2.05) is 14.1 Å². The lowest BCUT2D eigenvalue weighted by atomic mass is 10.2. The smallest absolute Gasteiger partial charge is 0.283 e. The summed E-state index contributed by atoms with van der Waals surface area (Å²) in [5.41, 5.74) is 5.69. The number of halogens is 2. The van der Waals surface area contributed by atoms with Crippen molar-refractivity contribution in [2.24, 2.45) is 0 Å². The number of aromatic nitrogens is 3. The number of aliphatic hydroxyl groups is 1. The molecule has 2 heterocycles. The number of hydrogen-bond donors (Lipinski definition) is 2. The highest BCUT2D eigenvalue weighted by molar-refractivity contribution is 5.32. The molecule has 0 atom stereocenters. The molecule has 0 aliphatic carbocycles. The fourth-order valence-corrected chi connectivity index (χ4v) is 2.38. The second kappa shape index (κ2) is 7.28. The fourth-order valence-electron chi connectivity index (χ4n) is 2.38. The number of nitrogens with zero attached hydrogens (tertiary/aromatic N) is 6. The highest BCUT2D eigenvalue weighted by atomic mass is 19.3. The van der Waals surface area contributed by atoms with Crippen LogP contribution in [0.4, 0.5) is 20.7 Å². The number of hydrogen-bond acceptors (Lipinski definition) is 8. The first-order valence-corrected chi connectivity index (χ1v) is 7.40. The average molecular weight is 331 g/mol. The molecule has 23 heavy (non-hydrogen) atoms. The van der Waals surface area contributed by atoms with Crippen LogP contribution in [0.25, 0.3) is 0 Å². The van der Waals surface area contributed by atoms with E-state index in [9.17, 15) is 8.78 Å². The van der Waals surface area contributed by atoms with Gasteiger partial charge in [0.05, 0.1) is 13.1 Å². The van der Waals surface area contributed by atoms with Gasteiger partial charge in [-0.2, -0.15) is 15.0 Å². The Labute approximate surface area is 133 Å². The van der Waals surface area contributed by atoms with Gasteiger partial charge in [-0.15, -0.1) is 0 Å². The molecule has 8 nitrogen and oxygen atoms in total. The Morgan fingerprint density at radius 2 is 1.74 bits per heavy atom. The second-order valence-electron chi connectivity index (χ2n) is 5.87. The molecule has 1 aliphatic rings. The first-order valence-electron chi connectivity index (χ1n) is 7.40. The molecule has 2 rings (SSSR count). The van der Waals surface area contributed by atoms with Crippen molar-refractivity contribution in [1.82, 2.24) is 24.8 Å². The number of nitrogens with two attached hydrogens (primary N) is 1. The number of piperazine rings is 1. The van der Waals surface area contributed by atoms with E-state index in [1.54, 1.807) is 9.80 Å². The summed E-state index contributed by atoms with van der Waals surface area (Å²) in [6, 6.07) is 0. The van der Waals surface area contributed by atoms with E-state index >= 15 is 0 Å². The van der Waals surface area contributed by atoms with Gasteiger partial charge in [-0.25, -0.2) is 8.78 Å². The average Bonchev–Trinajstić information content (AvgIpc) is 2.48. The molecule has 0 bridgehead atoms. The molecule has 0 amide bonds. The van der Waals surface area contributed by atoms with Crippen LogP contribution in [-0.2, 0) is 6.54 Å². The maximum Gasteiger partial charge on any atom is 0.283 e. The van der Waals surface area contributed by atoms with Gasteiger partial charge < -0.3 is 15.7 Å². The molecule has 1 saturated heterocycles. The second-order valence-corrected chi connectivity index (χ2v) is 5.87. The zero-order valence-corrected chi connectivity index (χ0v) is 13.4. The fraction of sp³-hybridized carbons (Fsp3) is 0.769. The van der Waals surface area contributed by atoms with Gasteiger partial charge in [0.2, 0.25) is 11.9 Å². The predicted octanol–water partition coefficient (Wildman–Crippen LogP) is -0.735. The zero-order valence-electron chi connectivity index (χ0n) is 13.4. The SMILES string of the molecule is CN(C)c1nc(N)nc(CN2CCN(CC(F)(F)CO)CC2)n1. The molecule has 0 unspecified atom stereocenters. The van der Waals surface area contributed by atoms with Crippen molar-refractivity contribution in [3.05, 3.63) is 5.82 Å². The minimum absolute atomic E-state index is 0.167. The maximum absolute atomic E-state index is 13.2. The first-order chi connectivity index (χ1) is 10.8. The van der Waals surface area contributed by atoms with Gasteiger partial charge in [-0.3, -0.25) is 9.80 Å². The molecule has 1 aromatic rings. The van der Waals surface area contributed by atoms with Crippen LogP contribution in [0.3, 0.4) is 0 Å². The number of alkyl halides is 2. The highest BCUT2D eigenvalue weighted by Gasteiger charge is 2.32. The topological polar surface area (TPSA) is 94.6 Å². The highest BCUT2D eigenvalue weighted by Crippen LogP contribution is 2.16. The Bertz CT molecular complexity index is 521. The normalized spacial score (nSPS) is 17.4. The zero-order chi connectivity index (χ0) is 17.0. The van der Waals surface area contributed by atoms with E-state index in [0.29, 0.717) is 44.5 Å². The van der Waals surface area contributed by atoms with Crippen molar-refractivity contribution in [1.29, 1.82) is 0 Å². The van der Waals surface area contributed by atoms with E-state index in [0.717, 1.165) is 0 Å². The first kappa shape index (κ1) is 17.7. The summed E-state index contributed by atoms with van der Waals surface area (Å²) in [4.78, 5) is 18.0. The van der Waals surface area contributed by atoms with Gasteiger partial charge in [-0.05, 0) is 0 Å². The van der Waals surface area contributed by atoms with Crippen LogP contribution in [0.2, 0.25) is 0 Å². The van der Waals surface area contributed by atoms with Gasteiger partial charge in [-0.1, -0.05) is 0 Å². The summed E-state index contributed by atoms with van der Waals surface area (Å²) in [6.45, 7) is 1.24. The van der Waals surface area contributed by atoms with E-state index in [1.165, 1.54) is 0 Å².